The number of hydrogen-bond acceptors (Lipinski definition) is 2. The highest BCUT2D eigenvalue weighted by atomic mass is 15.2. The van der Waals surface area contributed by atoms with Gasteiger partial charge in [-0.1, -0.05) is 19.8 Å². The molecule has 1 unspecified atom stereocenters. The zero-order valence-corrected chi connectivity index (χ0v) is 9.84. The quantitative estimate of drug-likeness (QED) is 0.710. The molecule has 2 N–H and O–H groups in total. The van der Waals surface area contributed by atoms with E-state index in [1.807, 2.05) is 0 Å². The van der Waals surface area contributed by atoms with Crippen LogP contribution < -0.4 is 5.73 Å². The second-order valence-electron chi connectivity index (χ2n) is 4.55. The second-order valence-corrected chi connectivity index (χ2v) is 4.55. The van der Waals surface area contributed by atoms with Gasteiger partial charge in [0.2, 0.25) is 0 Å². The zero-order valence-electron chi connectivity index (χ0n) is 9.84. The van der Waals surface area contributed by atoms with Gasteiger partial charge in [0.15, 0.2) is 0 Å². The molecule has 0 radical (unpaired) electrons. The Hall–Kier alpha value is -0.0800. The van der Waals surface area contributed by atoms with Gasteiger partial charge in [0.25, 0.3) is 0 Å². The van der Waals surface area contributed by atoms with E-state index >= 15 is 0 Å². The number of hydrogen-bond donors (Lipinski definition) is 1. The first-order valence-electron chi connectivity index (χ1n) is 6.25. The smallest absolute Gasteiger partial charge is 0.00979 e. The molecule has 1 rings (SSSR count). The zero-order chi connectivity index (χ0) is 10.4. The molecule has 0 aromatic carbocycles. The van der Waals surface area contributed by atoms with Crippen molar-refractivity contribution in [2.75, 3.05) is 13.1 Å². The van der Waals surface area contributed by atoms with Gasteiger partial charge in [-0.2, -0.15) is 0 Å². The Labute approximate surface area is 88.8 Å². The lowest BCUT2D eigenvalue weighted by molar-refractivity contribution is 0.145. The molecule has 2 heteroatoms. The monoisotopic (exact) mass is 198 g/mol. The van der Waals surface area contributed by atoms with Gasteiger partial charge in [0, 0.05) is 12.1 Å². The lowest BCUT2D eigenvalue weighted by Crippen LogP contribution is -2.40. The first-order chi connectivity index (χ1) is 6.79. The molecule has 1 saturated carbocycles. The molecule has 1 fully saturated rings. The van der Waals surface area contributed by atoms with Gasteiger partial charge >= 0.3 is 0 Å². The van der Waals surface area contributed by atoms with E-state index < -0.39 is 0 Å². The predicted octanol–water partition coefficient (Wildman–Crippen LogP) is 2.38. The fraction of sp³-hybridized carbons (Fsp3) is 1.00. The van der Waals surface area contributed by atoms with Crippen molar-refractivity contribution >= 4 is 0 Å². The van der Waals surface area contributed by atoms with Gasteiger partial charge in [-0.05, 0) is 45.7 Å². The Kier molecular flexibility index (Phi) is 5.49. The van der Waals surface area contributed by atoms with E-state index in [-0.39, 0.29) is 0 Å². The summed E-state index contributed by atoms with van der Waals surface area (Å²) in [5.74, 6) is 0. The molecule has 0 spiro atoms. The molecule has 1 aliphatic carbocycles. The van der Waals surface area contributed by atoms with Crippen molar-refractivity contribution in [3.8, 4) is 0 Å². The summed E-state index contributed by atoms with van der Waals surface area (Å²) in [6, 6.07) is 1.60. The van der Waals surface area contributed by atoms with Gasteiger partial charge in [-0.25, -0.2) is 0 Å². The summed E-state index contributed by atoms with van der Waals surface area (Å²) in [4.78, 5) is 2.68. The lowest BCUT2D eigenvalue weighted by Gasteiger charge is -2.33. The van der Waals surface area contributed by atoms with Crippen molar-refractivity contribution in [2.45, 2.75) is 64.5 Å². The Bertz CT molecular complexity index is 141. The van der Waals surface area contributed by atoms with E-state index in [4.69, 9.17) is 5.73 Å². The molecule has 0 bridgehead atoms. The van der Waals surface area contributed by atoms with Crippen molar-refractivity contribution in [3.05, 3.63) is 0 Å². The Morgan fingerprint density at radius 3 is 2.50 bits per heavy atom. The molecule has 0 saturated heterocycles. The van der Waals surface area contributed by atoms with Crippen LogP contribution in [-0.4, -0.2) is 30.1 Å². The summed E-state index contributed by atoms with van der Waals surface area (Å²) in [7, 11) is 0. The van der Waals surface area contributed by atoms with Gasteiger partial charge in [-0.15, -0.1) is 0 Å². The third kappa shape index (κ3) is 3.25. The first-order valence-corrected chi connectivity index (χ1v) is 6.25. The van der Waals surface area contributed by atoms with E-state index in [1.165, 1.54) is 45.1 Å². The van der Waals surface area contributed by atoms with Gasteiger partial charge < -0.3 is 5.73 Å². The van der Waals surface area contributed by atoms with Gasteiger partial charge in [-0.3, -0.25) is 4.90 Å². The molecule has 1 aliphatic rings. The second kappa shape index (κ2) is 6.41. The summed E-state index contributed by atoms with van der Waals surface area (Å²) in [6.45, 7) is 6.69. The highest BCUT2D eigenvalue weighted by Crippen LogP contribution is 2.25. The minimum Gasteiger partial charge on any atom is -0.330 e. The van der Waals surface area contributed by atoms with Gasteiger partial charge in [0.1, 0.15) is 0 Å². The standard InChI is InChI=1S/C12H26N2/c1-3-14(11(2)7-6-10-13)12-8-4-5-9-12/h11-12H,3-10,13H2,1-2H3. The summed E-state index contributed by atoms with van der Waals surface area (Å²) >= 11 is 0. The summed E-state index contributed by atoms with van der Waals surface area (Å²) in [5.41, 5.74) is 5.55. The Morgan fingerprint density at radius 2 is 2.00 bits per heavy atom. The molecule has 2 nitrogen and oxygen atoms in total. The van der Waals surface area contributed by atoms with Crippen LogP contribution >= 0.6 is 0 Å². The molecule has 84 valence electrons. The average Bonchev–Trinajstić information content (AvgIpc) is 2.69. The maximum Gasteiger partial charge on any atom is 0.00979 e. The SMILES string of the molecule is CCN(C(C)CCCN)C1CCCC1. The van der Waals surface area contributed by atoms with Crippen molar-refractivity contribution in [1.29, 1.82) is 0 Å². The summed E-state index contributed by atoms with van der Waals surface area (Å²) < 4.78 is 0. The average molecular weight is 198 g/mol. The minimum atomic E-state index is 0.728. The third-order valence-electron chi connectivity index (χ3n) is 3.55. The molecule has 0 aliphatic heterocycles. The van der Waals surface area contributed by atoms with Crippen LogP contribution in [0.1, 0.15) is 52.4 Å². The fourth-order valence-corrected chi connectivity index (χ4v) is 2.74. The minimum absolute atomic E-state index is 0.728. The van der Waals surface area contributed by atoms with Crippen LogP contribution in [-0.2, 0) is 0 Å². The molecular weight excluding hydrogens is 172 g/mol. The van der Waals surface area contributed by atoms with Crippen LogP contribution in [0.3, 0.4) is 0 Å². The van der Waals surface area contributed by atoms with Crippen LogP contribution in [0.5, 0.6) is 0 Å². The lowest BCUT2D eigenvalue weighted by atomic mass is 10.1. The molecule has 0 aromatic heterocycles. The van der Waals surface area contributed by atoms with Crippen LogP contribution in [0.4, 0.5) is 0 Å². The number of nitrogens with two attached hydrogens (primary N) is 1. The molecule has 1 atom stereocenters. The van der Waals surface area contributed by atoms with E-state index in [0.717, 1.165) is 18.6 Å². The maximum absolute atomic E-state index is 5.55. The van der Waals surface area contributed by atoms with Crippen LogP contribution in [0.15, 0.2) is 0 Å². The molecule has 0 heterocycles. The van der Waals surface area contributed by atoms with Crippen molar-refractivity contribution in [1.82, 2.24) is 4.90 Å². The van der Waals surface area contributed by atoms with E-state index in [0.29, 0.717) is 0 Å². The van der Waals surface area contributed by atoms with Crippen LogP contribution in [0, 0.1) is 0 Å². The highest BCUT2D eigenvalue weighted by molar-refractivity contribution is 4.80. The van der Waals surface area contributed by atoms with E-state index in [2.05, 4.69) is 18.7 Å². The Morgan fingerprint density at radius 1 is 1.36 bits per heavy atom. The van der Waals surface area contributed by atoms with Gasteiger partial charge in [0.05, 0.1) is 0 Å². The highest BCUT2D eigenvalue weighted by Gasteiger charge is 2.24. The molecular formula is C12H26N2. The fourth-order valence-electron chi connectivity index (χ4n) is 2.74. The molecule has 14 heavy (non-hydrogen) atoms. The normalized spacial score (nSPS) is 20.6. The van der Waals surface area contributed by atoms with E-state index in [9.17, 15) is 0 Å². The van der Waals surface area contributed by atoms with Crippen molar-refractivity contribution in [3.63, 3.8) is 0 Å². The Balaban J connectivity index is 2.34. The van der Waals surface area contributed by atoms with Crippen LogP contribution in [0.25, 0.3) is 0 Å². The molecule has 0 aromatic rings. The summed E-state index contributed by atoms with van der Waals surface area (Å²) in [5, 5.41) is 0. The first kappa shape index (κ1) is 12.0. The summed E-state index contributed by atoms with van der Waals surface area (Å²) in [6.07, 6.45) is 8.14. The molecule has 0 amide bonds. The third-order valence-corrected chi connectivity index (χ3v) is 3.55. The van der Waals surface area contributed by atoms with Crippen molar-refractivity contribution in [2.24, 2.45) is 5.73 Å². The van der Waals surface area contributed by atoms with Crippen LogP contribution in [0.2, 0.25) is 0 Å². The number of nitrogens with zero attached hydrogens (tertiary/aromatic N) is 1. The van der Waals surface area contributed by atoms with Crippen molar-refractivity contribution < 1.29 is 0 Å². The number of rotatable bonds is 6. The van der Waals surface area contributed by atoms with E-state index in [1.54, 1.807) is 0 Å². The maximum atomic E-state index is 5.55. The topological polar surface area (TPSA) is 29.3 Å². The predicted molar refractivity (Wildman–Crippen MR) is 62.4 cm³/mol. The largest absolute Gasteiger partial charge is 0.330 e.